The number of fused-ring (bicyclic) bond motifs is 3. The lowest BCUT2D eigenvalue weighted by Gasteiger charge is -2.18. The minimum absolute atomic E-state index is 0.117. The van der Waals surface area contributed by atoms with Gasteiger partial charge in [0.15, 0.2) is 6.04 Å². The molecule has 2 heterocycles. The fraction of sp³-hybridized carbons (Fsp3) is 0.250. The molecule has 2 atom stereocenters. The highest BCUT2D eigenvalue weighted by atomic mass is 16.6. The Bertz CT molecular complexity index is 770. The van der Waals surface area contributed by atoms with E-state index in [-0.39, 0.29) is 18.7 Å². The Kier molecular flexibility index (Phi) is 2.53. The molecule has 0 aromatic heterocycles. The van der Waals surface area contributed by atoms with Crippen molar-refractivity contribution in [2.75, 3.05) is 6.73 Å². The monoisotopic (exact) mass is 283 g/mol. The summed E-state index contributed by atoms with van der Waals surface area (Å²) >= 11 is 0. The summed E-state index contributed by atoms with van der Waals surface area (Å²) in [5.41, 5.74) is 0.405. The Balaban J connectivity index is 1.91. The average Bonchev–Trinajstić information content (AvgIpc) is 2.83. The predicted octanol–water partition coefficient (Wildman–Crippen LogP) is 1.95. The van der Waals surface area contributed by atoms with Crippen LogP contribution in [0.15, 0.2) is 36.4 Å². The van der Waals surface area contributed by atoms with E-state index >= 15 is 0 Å². The number of amides is 1. The van der Waals surface area contributed by atoms with Gasteiger partial charge >= 0.3 is 5.97 Å². The minimum Gasteiger partial charge on any atom is -0.424 e. The first-order valence-electron chi connectivity index (χ1n) is 6.82. The number of carbonyl (C=O) groups excluding carboxylic acids is 2. The number of esters is 1. The quantitative estimate of drug-likeness (QED) is 0.548. The van der Waals surface area contributed by atoms with E-state index < -0.39 is 12.0 Å². The molecule has 0 spiro atoms. The van der Waals surface area contributed by atoms with Gasteiger partial charge in [-0.1, -0.05) is 24.3 Å². The third kappa shape index (κ3) is 1.74. The van der Waals surface area contributed by atoms with Crippen molar-refractivity contribution in [2.24, 2.45) is 0 Å². The second-order valence-electron chi connectivity index (χ2n) is 5.34. The maximum Gasteiger partial charge on any atom is 0.337 e. The molecule has 0 bridgehead atoms. The molecule has 4 rings (SSSR count). The van der Waals surface area contributed by atoms with Crippen LogP contribution in [0.25, 0.3) is 10.8 Å². The summed E-state index contributed by atoms with van der Waals surface area (Å²) in [6.07, 6.45) is -0.356. The molecule has 0 saturated carbocycles. The highest BCUT2D eigenvalue weighted by molar-refractivity contribution is 6.05. The molecule has 0 aliphatic carbocycles. The van der Waals surface area contributed by atoms with E-state index in [1.807, 2.05) is 24.3 Å². The summed E-state index contributed by atoms with van der Waals surface area (Å²) in [7, 11) is 0. The van der Waals surface area contributed by atoms with Gasteiger partial charge in [0.2, 0.25) is 0 Å². The van der Waals surface area contributed by atoms with Crippen LogP contribution in [-0.2, 0) is 9.53 Å². The van der Waals surface area contributed by atoms with Crippen molar-refractivity contribution in [1.82, 2.24) is 4.90 Å². The Morgan fingerprint density at radius 2 is 1.86 bits per heavy atom. The van der Waals surface area contributed by atoms with Gasteiger partial charge in [-0.05, 0) is 29.8 Å². The first kappa shape index (κ1) is 12.3. The number of hydrogen-bond acceptors (Lipinski definition) is 4. The van der Waals surface area contributed by atoms with Crippen molar-refractivity contribution >= 4 is 22.6 Å². The second-order valence-corrected chi connectivity index (χ2v) is 5.34. The third-order valence-electron chi connectivity index (χ3n) is 4.05. The molecule has 106 valence electrons. The normalized spacial score (nSPS) is 24.5. The predicted molar refractivity (Wildman–Crippen MR) is 75.0 cm³/mol. The van der Waals surface area contributed by atoms with E-state index in [1.165, 1.54) is 4.90 Å². The van der Waals surface area contributed by atoms with E-state index in [0.717, 1.165) is 10.8 Å². The lowest BCUT2D eigenvalue weighted by molar-refractivity contribution is -0.138. The smallest absolute Gasteiger partial charge is 0.337 e. The number of ether oxygens (including phenoxy) is 2. The first-order valence-corrected chi connectivity index (χ1v) is 6.82. The Labute approximate surface area is 121 Å². The zero-order valence-electron chi connectivity index (χ0n) is 11.4. The van der Waals surface area contributed by atoms with Crippen LogP contribution >= 0.6 is 0 Å². The van der Waals surface area contributed by atoms with Gasteiger partial charge in [-0.2, -0.15) is 0 Å². The third-order valence-corrected chi connectivity index (χ3v) is 4.05. The number of hydrogen-bond donors (Lipinski definition) is 0. The van der Waals surface area contributed by atoms with Crippen molar-refractivity contribution < 1.29 is 19.1 Å². The fourth-order valence-electron chi connectivity index (χ4n) is 2.92. The van der Waals surface area contributed by atoms with Gasteiger partial charge in [0, 0.05) is 0 Å². The van der Waals surface area contributed by atoms with Gasteiger partial charge in [0.1, 0.15) is 12.5 Å². The fourth-order valence-corrected chi connectivity index (χ4v) is 2.92. The molecular formula is C16H13NO4. The zero-order chi connectivity index (χ0) is 14.6. The molecule has 2 aliphatic heterocycles. The maximum absolute atomic E-state index is 12.7. The molecule has 5 nitrogen and oxygen atoms in total. The molecule has 21 heavy (non-hydrogen) atoms. The number of rotatable bonds is 0. The van der Waals surface area contributed by atoms with Crippen LogP contribution in [0.2, 0.25) is 0 Å². The van der Waals surface area contributed by atoms with Gasteiger partial charge in [-0.25, -0.2) is 4.79 Å². The molecule has 5 heteroatoms. The Morgan fingerprint density at radius 1 is 1.14 bits per heavy atom. The van der Waals surface area contributed by atoms with Crippen LogP contribution in [0.1, 0.15) is 17.3 Å². The Morgan fingerprint density at radius 3 is 2.62 bits per heavy atom. The lowest BCUT2D eigenvalue weighted by atomic mass is 10.0. The molecule has 0 unspecified atom stereocenters. The summed E-state index contributed by atoms with van der Waals surface area (Å²) in [6.45, 7) is 1.89. The van der Waals surface area contributed by atoms with E-state index in [2.05, 4.69) is 0 Å². The van der Waals surface area contributed by atoms with E-state index in [0.29, 0.717) is 11.3 Å². The van der Waals surface area contributed by atoms with Gasteiger partial charge in [0.05, 0.1) is 11.7 Å². The topological polar surface area (TPSA) is 55.8 Å². The molecule has 0 N–H and O–H groups in total. The maximum atomic E-state index is 12.7. The molecule has 1 fully saturated rings. The van der Waals surface area contributed by atoms with Crippen molar-refractivity contribution in [1.29, 1.82) is 0 Å². The SMILES string of the molecule is C[C@H]1OCN2C(=O)c3cc4ccccc4cc3OC(=O)[C@H]12. The molecule has 2 aliphatic rings. The van der Waals surface area contributed by atoms with Crippen LogP contribution in [0, 0.1) is 0 Å². The van der Waals surface area contributed by atoms with E-state index in [9.17, 15) is 9.59 Å². The van der Waals surface area contributed by atoms with Crippen molar-refractivity contribution in [3.63, 3.8) is 0 Å². The van der Waals surface area contributed by atoms with Crippen molar-refractivity contribution in [3.8, 4) is 5.75 Å². The Hall–Kier alpha value is -2.40. The molecule has 2 aromatic rings. The van der Waals surface area contributed by atoms with Crippen molar-refractivity contribution in [2.45, 2.75) is 19.1 Å². The van der Waals surface area contributed by atoms with E-state index in [4.69, 9.17) is 9.47 Å². The van der Waals surface area contributed by atoms with Gasteiger partial charge < -0.3 is 9.47 Å². The highest BCUT2D eigenvalue weighted by Crippen LogP contribution is 2.33. The van der Waals surface area contributed by atoms with Gasteiger partial charge in [-0.15, -0.1) is 0 Å². The van der Waals surface area contributed by atoms with Crippen LogP contribution in [-0.4, -0.2) is 35.7 Å². The summed E-state index contributed by atoms with van der Waals surface area (Å²) in [5.74, 6) is -0.344. The zero-order valence-corrected chi connectivity index (χ0v) is 11.4. The van der Waals surface area contributed by atoms with Crippen molar-refractivity contribution in [3.05, 3.63) is 42.0 Å². The van der Waals surface area contributed by atoms with E-state index in [1.54, 1.807) is 19.1 Å². The molecule has 1 amide bonds. The largest absolute Gasteiger partial charge is 0.424 e. The summed E-state index contributed by atoms with van der Waals surface area (Å²) in [4.78, 5) is 26.4. The standard InChI is InChI=1S/C16H13NO4/c1-9-14-16(19)21-13-7-11-5-3-2-4-10(11)6-12(13)15(18)17(14)8-20-9/h2-7,9,14H,8H2,1H3/t9-,14+/m1/s1. The van der Waals surface area contributed by atoms with Crippen LogP contribution in [0.4, 0.5) is 0 Å². The number of benzene rings is 2. The molecule has 2 aromatic carbocycles. The first-order chi connectivity index (χ1) is 10.1. The average molecular weight is 283 g/mol. The van der Waals surface area contributed by atoms with Crippen LogP contribution in [0.5, 0.6) is 5.75 Å². The second kappa shape index (κ2) is 4.30. The summed E-state index contributed by atoms with van der Waals surface area (Å²) < 4.78 is 10.8. The van der Waals surface area contributed by atoms with Gasteiger partial charge in [0.25, 0.3) is 5.91 Å². The molecule has 1 saturated heterocycles. The molecule has 0 radical (unpaired) electrons. The van der Waals surface area contributed by atoms with Crippen LogP contribution in [0.3, 0.4) is 0 Å². The van der Waals surface area contributed by atoms with Crippen LogP contribution < -0.4 is 4.74 Å². The lowest BCUT2D eigenvalue weighted by Crippen LogP contribution is -2.44. The molecular weight excluding hydrogens is 270 g/mol. The summed E-state index contributed by atoms with van der Waals surface area (Å²) in [6, 6.07) is 10.5. The summed E-state index contributed by atoms with van der Waals surface area (Å²) in [5, 5.41) is 1.87. The highest BCUT2D eigenvalue weighted by Gasteiger charge is 2.45. The number of nitrogens with zero attached hydrogens (tertiary/aromatic N) is 1. The minimum atomic E-state index is -0.673. The number of carbonyl (C=O) groups is 2. The van der Waals surface area contributed by atoms with Gasteiger partial charge in [-0.3, -0.25) is 9.69 Å².